The third-order valence-electron chi connectivity index (χ3n) is 4.15. The standard InChI is InChI=1S/C13H22N4/c1-10-15-13(11-3-5-14-6-4-11)12-9-16(2)7-8-17(10)12/h11,14H,3-9H2,1-2H3. The predicted molar refractivity (Wildman–Crippen MR) is 68.1 cm³/mol. The van der Waals surface area contributed by atoms with Crippen molar-refractivity contribution in [3.8, 4) is 0 Å². The number of aryl methyl sites for hydroxylation is 1. The summed E-state index contributed by atoms with van der Waals surface area (Å²) in [7, 11) is 2.21. The van der Waals surface area contributed by atoms with Crippen molar-refractivity contribution in [1.29, 1.82) is 0 Å². The van der Waals surface area contributed by atoms with Gasteiger partial charge in [-0.25, -0.2) is 4.98 Å². The predicted octanol–water partition coefficient (Wildman–Crippen LogP) is 1.10. The summed E-state index contributed by atoms with van der Waals surface area (Å²) in [6.07, 6.45) is 2.49. The van der Waals surface area contributed by atoms with Crippen LogP contribution in [0.5, 0.6) is 0 Å². The van der Waals surface area contributed by atoms with Crippen LogP contribution in [0.4, 0.5) is 0 Å². The van der Waals surface area contributed by atoms with Gasteiger partial charge in [0.05, 0.1) is 11.4 Å². The second-order valence-corrected chi connectivity index (χ2v) is 5.40. The molecule has 0 atom stereocenters. The number of piperidine rings is 1. The number of hydrogen-bond donors (Lipinski definition) is 1. The van der Waals surface area contributed by atoms with Gasteiger partial charge in [0.25, 0.3) is 0 Å². The number of nitrogens with one attached hydrogen (secondary N) is 1. The minimum atomic E-state index is 0.678. The molecule has 17 heavy (non-hydrogen) atoms. The fraction of sp³-hybridized carbons (Fsp3) is 0.769. The summed E-state index contributed by atoms with van der Waals surface area (Å²) >= 11 is 0. The zero-order chi connectivity index (χ0) is 11.8. The van der Waals surface area contributed by atoms with E-state index in [4.69, 9.17) is 4.98 Å². The van der Waals surface area contributed by atoms with Gasteiger partial charge in [-0.2, -0.15) is 0 Å². The molecule has 1 aromatic rings. The van der Waals surface area contributed by atoms with Crippen molar-refractivity contribution in [2.75, 3.05) is 26.7 Å². The Morgan fingerprint density at radius 3 is 2.76 bits per heavy atom. The highest BCUT2D eigenvalue weighted by molar-refractivity contribution is 5.23. The van der Waals surface area contributed by atoms with Crippen LogP contribution < -0.4 is 5.32 Å². The zero-order valence-electron chi connectivity index (χ0n) is 10.9. The number of likely N-dealkylation sites (N-methyl/N-ethyl adjacent to an activating group) is 1. The van der Waals surface area contributed by atoms with Crippen molar-refractivity contribution >= 4 is 0 Å². The fourth-order valence-electron chi connectivity index (χ4n) is 3.12. The van der Waals surface area contributed by atoms with Gasteiger partial charge in [0.15, 0.2) is 0 Å². The van der Waals surface area contributed by atoms with Gasteiger partial charge in [0.2, 0.25) is 0 Å². The molecule has 0 bridgehead atoms. The molecule has 1 N–H and O–H groups in total. The van der Waals surface area contributed by atoms with E-state index in [1.54, 1.807) is 0 Å². The molecule has 3 heterocycles. The van der Waals surface area contributed by atoms with Crippen molar-refractivity contribution in [1.82, 2.24) is 19.8 Å². The third-order valence-corrected chi connectivity index (χ3v) is 4.15. The molecule has 1 fully saturated rings. The lowest BCUT2D eigenvalue weighted by atomic mass is 9.93. The van der Waals surface area contributed by atoms with Crippen LogP contribution in [0.25, 0.3) is 0 Å². The van der Waals surface area contributed by atoms with Gasteiger partial charge in [-0.1, -0.05) is 0 Å². The molecule has 94 valence electrons. The van der Waals surface area contributed by atoms with Gasteiger partial charge in [-0.05, 0) is 39.9 Å². The highest BCUT2D eigenvalue weighted by Crippen LogP contribution is 2.30. The van der Waals surface area contributed by atoms with Gasteiger partial charge in [0.1, 0.15) is 5.82 Å². The summed E-state index contributed by atoms with van der Waals surface area (Å²) in [4.78, 5) is 7.26. The molecular formula is C13H22N4. The smallest absolute Gasteiger partial charge is 0.106 e. The van der Waals surface area contributed by atoms with Crippen molar-refractivity contribution in [2.45, 2.75) is 38.8 Å². The number of aromatic nitrogens is 2. The van der Waals surface area contributed by atoms with Crippen LogP contribution in [-0.4, -0.2) is 41.1 Å². The summed E-state index contributed by atoms with van der Waals surface area (Å²) in [5.74, 6) is 1.89. The number of imidazole rings is 1. The molecule has 0 radical (unpaired) electrons. The van der Waals surface area contributed by atoms with Crippen LogP contribution in [-0.2, 0) is 13.1 Å². The maximum atomic E-state index is 4.86. The van der Waals surface area contributed by atoms with E-state index in [0.717, 1.165) is 32.7 Å². The van der Waals surface area contributed by atoms with Crippen LogP contribution in [0, 0.1) is 6.92 Å². The van der Waals surface area contributed by atoms with Crippen molar-refractivity contribution in [2.24, 2.45) is 0 Å². The molecule has 3 rings (SSSR count). The Hall–Kier alpha value is -0.870. The van der Waals surface area contributed by atoms with Gasteiger partial charge in [0, 0.05) is 25.6 Å². The molecular weight excluding hydrogens is 212 g/mol. The van der Waals surface area contributed by atoms with E-state index >= 15 is 0 Å². The molecule has 0 spiro atoms. The Morgan fingerprint density at radius 1 is 1.24 bits per heavy atom. The topological polar surface area (TPSA) is 33.1 Å². The average Bonchev–Trinajstić information content (AvgIpc) is 2.67. The van der Waals surface area contributed by atoms with Crippen LogP contribution in [0.15, 0.2) is 0 Å². The average molecular weight is 234 g/mol. The number of rotatable bonds is 1. The molecule has 4 nitrogen and oxygen atoms in total. The maximum Gasteiger partial charge on any atom is 0.106 e. The Bertz CT molecular complexity index is 404. The SMILES string of the molecule is Cc1nc(C2CCNCC2)c2n1CCN(C)C2. The summed E-state index contributed by atoms with van der Waals surface area (Å²) in [6.45, 7) is 7.77. The molecule has 0 aromatic carbocycles. The van der Waals surface area contributed by atoms with E-state index < -0.39 is 0 Å². The molecule has 0 saturated carbocycles. The fourth-order valence-corrected chi connectivity index (χ4v) is 3.12. The highest BCUT2D eigenvalue weighted by Gasteiger charge is 2.26. The molecule has 1 saturated heterocycles. The van der Waals surface area contributed by atoms with Gasteiger partial charge in [-0.3, -0.25) is 4.90 Å². The summed E-state index contributed by atoms with van der Waals surface area (Å²) in [5.41, 5.74) is 2.86. The Kier molecular flexibility index (Phi) is 2.92. The second-order valence-electron chi connectivity index (χ2n) is 5.40. The number of hydrogen-bond acceptors (Lipinski definition) is 3. The van der Waals surface area contributed by atoms with E-state index in [0.29, 0.717) is 5.92 Å². The van der Waals surface area contributed by atoms with Crippen LogP contribution in [0.1, 0.15) is 36.0 Å². The largest absolute Gasteiger partial charge is 0.329 e. The maximum absolute atomic E-state index is 4.86. The third kappa shape index (κ3) is 2.00. The number of nitrogens with zero attached hydrogens (tertiary/aromatic N) is 3. The van der Waals surface area contributed by atoms with Crippen molar-refractivity contribution in [3.63, 3.8) is 0 Å². The minimum Gasteiger partial charge on any atom is -0.329 e. The second kappa shape index (κ2) is 4.42. The van der Waals surface area contributed by atoms with E-state index in [-0.39, 0.29) is 0 Å². The first kappa shape index (κ1) is 11.2. The van der Waals surface area contributed by atoms with Gasteiger partial charge in [-0.15, -0.1) is 0 Å². The van der Waals surface area contributed by atoms with E-state index in [9.17, 15) is 0 Å². The van der Waals surface area contributed by atoms with Crippen molar-refractivity contribution < 1.29 is 0 Å². The van der Waals surface area contributed by atoms with Crippen LogP contribution in [0.3, 0.4) is 0 Å². The first-order chi connectivity index (χ1) is 8.25. The van der Waals surface area contributed by atoms with Crippen LogP contribution >= 0.6 is 0 Å². The summed E-state index contributed by atoms with van der Waals surface area (Å²) in [6, 6.07) is 0. The van der Waals surface area contributed by atoms with Gasteiger partial charge < -0.3 is 9.88 Å². The monoisotopic (exact) mass is 234 g/mol. The molecule has 2 aliphatic rings. The zero-order valence-corrected chi connectivity index (χ0v) is 10.9. The van der Waals surface area contributed by atoms with Crippen molar-refractivity contribution in [3.05, 3.63) is 17.2 Å². The molecule has 2 aliphatic heterocycles. The molecule has 0 amide bonds. The summed E-state index contributed by atoms with van der Waals surface area (Å²) < 4.78 is 2.43. The number of fused-ring (bicyclic) bond motifs is 1. The summed E-state index contributed by atoms with van der Waals surface area (Å²) in [5, 5.41) is 3.44. The lowest BCUT2D eigenvalue weighted by Gasteiger charge is -2.28. The Morgan fingerprint density at radius 2 is 2.00 bits per heavy atom. The highest BCUT2D eigenvalue weighted by atomic mass is 15.2. The lowest BCUT2D eigenvalue weighted by Crippen LogP contribution is -2.32. The Balaban J connectivity index is 1.93. The molecule has 0 unspecified atom stereocenters. The van der Waals surface area contributed by atoms with Crippen LogP contribution in [0.2, 0.25) is 0 Å². The first-order valence-electron chi connectivity index (χ1n) is 6.71. The molecule has 4 heteroatoms. The van der Waals surface area contributed by atoms with Gasteiger partial charge >= 0.3 is 0 Å². The molecule has 1 aromatic heterocycles. The van der Waals surface area contributed by atoms with E-state index in [2.05, 4.69) is 28.8 Å². The molecule has 0 aliphatic carbocycles. The normalized spacial score (nSPS) is 22.7. The lowest BCUT2D eigenvalue weighted by molar-refractivity contribution is 0.265. The first-order valence-corrected chi connectivity index (χ1v) is 6.71. The Labute approximate surface area is 103 Å². The quantitative estimate of drug-likeness (QED) is 0.790. The van der Waals surface area contributed by atoms with E-state index in [1.165, 1.54) is 30.1 Å². The van der Waals surface area contributed by atoms with E-state index in [1.807, 2.05) is 0 Å². The minimum absolute atomic E-state index is 0.678.